The molecule has 15 heavy (non-hydrogen) atoms. The van der Waals surface area contributed by atoms with Gasteiger partial charge in [0.2, 0.25) is 0 Å². The van der Waals surface area contributed by atoms with Crippen LogP contribution in [-0.4, -0.2) is 24.3 Å². The molecule has 0 bridgehead atoms. The molecule has 0 aromatic carbocycles. The molecule has 0 fully saturated rings. The van der Waals surface area contributed by atoms with Gasteiger partial charge in [-0.3, -0.25) is 0 Å². The van der Waals surface area contributed by atoms with Gasteiger partial charge < -0.3 is 10.4 Å². The van der Waals surface area contributed by atoms with E-state index < -0.39 is 0 Å². The van der Waals surface area contributed by atoms with Gasteiger partial charge in [0.25, 0.3) is 0 Å². The lowest BCUT2D eigenvalue weighted by Crippen LogP contribution is -2.27. The zero-order valence-electron chi connectivity index (χ0n) is 9.41. The Morgan fingerprint density at radius 3 is 3.00 bits per heavy atom. The van der Waals surface area contributed by atoms with Gasteiger partial charge in [0.1, 0.15) is 0 Å². The molecule has 1 atom stereocenters. The number of hydrogen-bond donors (Lipinski definition) is 2. The maximum absolute atomic E-state index is 8.69. The van der Waals surface area contributed by atoms with Crippen LogP contribution in [0.2, 0.25) is 0 Å². The van der Waals surface area contributed by atoms with Gasteiger partial charge >= 0.3 is 0 Å². The molecular weight excluding hydrogens is 206 g/mol. The quantitative estimate of drug-likeness (QED) is 0.669. The van der Waals surface area contributed by atoms with Crippen LogP contribution in [0.1, 0.15) is 31.1 Å². The molecule has 3 heteroatoms. The van der Waals surface area contributed by atoms with E-state index in [1.54, 1.807) is 0 Å². The summed E-state index contributed by atoms with van der Waals surface area (Å²) in [5.41, 5.74) is 0. The van der Waals surface area contributed by atoms with Gasteiger partial charge in [-0.2, -0.15) is 0 Å². The molecule has 0 aliphatic carbocycles. The summed E-state index contributed by atoms with van der Waals surface area (Å²) in [7, 11) is 0. The Morgan fingerprint density at radius 2 is 2.33 bits per heavy atom. The third-order valence-electron chi connectivity index (χ3n) is 2.47. The average molecular weight is 227 g/mol. The molecule has 86 valence electrons. The van der Waals surface area contributed by atoms with Crippen molar-refractivity contribution in [3.63, 3.8) is 0 Å². The number of thiophene rings is 1. The smallest absolute Gasteiger partial charge is 0.0431 e. The molecule has 1 rings (SSSR count). The summed E-state index contributed by atoms with van der Waals surface area (Å²) >= 11 is 1.83. The van der Waals surface area contributed by atoms with Crippen molar-refractivity contribution < 1.29 is 5.11 Å². The van der Waals surface area contributed by atoms with Crippen LogP contribution in [0.3, 0.4) is 0 Å². The molecule has 0 saturated carbocycles. The fourth-order valence-corrected chi connectivity index (χ4v) is 2.32. The largest absolute Gasteiger partial charge is 0.396 e. The average Bonchev–Trinajstić information content (AvgIpc) is 2.74. The van der Waals surface area contributed by atoms with Crippen LogP contribution in [0, 0.1) is 0 Å². The first-order valence-corrected chi connectivity index (χ1v) is 6.57. The molecule has 0 spiro atoms. The fourth-order valence-electron chi connectivity index (χ4n) is 1.57. The fraction of sp³-hybridized carbons (Fsp3) is 0.667. The standard InChI is InChI=1S/C12H21NOS/c1-11(5-3-9-14)13-8-2-6-12-7-4-10-15-12/h4,7,10-11,13-14H,2-3,5-6,8-9H2,1H3. The monoisotopic (exact) mass is 227 g/mol. The minimum absolute atomic E-state index is 0.307. The van der Waals surface area contributed by atoms with Gasteiger partial charge in [-0.25, -0.2) is 0 Å². The van der Waals surface area contributed by atoms with Crippen molar-refractivity contribution in [1.82, 2.24) is 5.32 Å². The van der Waals surface area contributed by atoms with Gasteiger partial charge in [0, 0.05) is 17.5 Å². The zero-order valence-corrected chi connectivity index (χ0v) is 10.2. The highest BCUT2D eigenvalue weighted by molar-refractivity contribution is 7.09. The number of hydrogen-bond acceptors (Lipinski definition) is 3. The summed E-state index contributed by atoms with van der Waals surface area (Å²) in [6.45, 7) is 3.56. The number of rotatable bonds is 8. The molecule has 2 N–H and O–H groups in total. The predicted molar refractivity (Wildman–Crippen MR) is 66.4 cm³/mol. The summed E-state index contributed by atoms with van der Waals surface area (Å²) in [6, 6.07) is 4.83. The maximum Gasteiger partial charge on any atom is 0.0431 e. The van der Waals surface area contributed by atoms with E-state index >= 15 is 0 Å². The second-order valence-electron chi connectivity index (χ2n) is 3.90. The predicted octanol–water partition coefficient (Wildman–Crippen LogP) is 2.43. The molecule has 1 unspecified atom stereocenters. The van der Waals surface area contributed by atoms with Crippen molar-refractivity contribution in [1.29, 1.82) is 0 Å². The van der Waals surface area contributed by atoms with E-state index in [1.165, 1.54) is 17.7 Å². The van der Waals surface area contributed by atoms with Gasteiger partial charge in [-0.05, 0) is 50.6 Å². The molecule has 1 aromatic heterocycles. The summed E-state index contributed by atoms with van der Waals surface area (Å²) in [5.74, 6) is 0. The van der Waals surface area contributed by atoms with Crippen LogP contribution in [0.15, 0.2) is 17.5 Å². The lowest BCUT2D eigenvalue weighted by molar-refractivity contribution is 0.276. The van der Waals surface area contributed by atoms with Crippen LogP contribution >= 0.6 is 11.3 Å². The second kappa shape index (κ2) is 7.85. The Morgan fingerprint density at radius 1 is 1.47 bits per heavy atom. The highest BCUT2D eigenvalue weighted by atomic mass is 32.1. The van der Waals surface area contributed by atoms with Gasteiger partial charge in [0.05, 0.1) is 0 Å². The normalized spacial score (nSPS) is 12.9. The number of aliphatic hydroxyl groups excluding tert-OH is 1. The van der Waals surface area contributed by atoms with Crippen molar-refractivity contribution in [2.24, 2.45) is 0 Å². The molecule has 1 heterocycles. The summed E-state index contributed by atoms with van der Waals surface area (Å²) in [5, 5.41) is 14.3. The Balaban J connectivity index is 1.97. The number of aliphatic hydroxyl groups is 1. The van der Waals surface area contributed by atoms with Crippen molar-refractivity contribution in [2.45, 2.75) is 38.6 Å². The van der Waals surface area contributed by atoms with E-state index in [1.807, 2.05) is 11.3 Å². The Hall–Kier alpha value is -0.380. The van der Waals surface area contributed by atoms with Crippen molar-refractivity contribution >= 4 is 11.3 Å². The minimum Gasteiger partial charge on any atom is -0.396 e. The van der Waals surface area contributed by atoms with Crippen molar-refractivity contribution in [3.05, 3.63) is 22.4 Å². The molecular formula is C12H21NOS. The first-order chi connectivity index (χ1) is 7.33. The summed E-state index contributed by atoms with van der Waals surface area (Å²) < 4.78 is 0. The topological polar surface area (TPSA) is 32.3 Å². The maximum atomic E-state index is 8.69. The zero-order chi connectivity index (χ0) is 10.9. The van der Waals surface area contributed by atoms with Crippen LogP contribution in [-0.2, 0) is 6.42 Å². The highest BCUT2D eigenvalue weighted by Crippen LogP contribution is 2.10. The van der Waals surface area contributed by atoms with E-state index in [0.29, 0.717) is 12.6 Å². The number of aryl methyl sites for hydroxylation is 1. The molecule has 2 nitrogen and oxygen atoms in total. The highest BCUT2D eigenvalue weighted by Gasteiger charge is 2.00. The van der Waals surface area contributed by atoms with Crippen LogP contribution in [0.4, 0.5) is 0 Å². The Labute approximate surface area is 96.3 Å². The Kier molecular flexibility index (Phi) is 6.64. The van der Waals surface area contributed by atoms with Gasteiger partial charge in [0.15, 0.2) is 0 Å². The van der Waals surface area contributed by atoms with Crippen LogP contribution in [0.5, 0.6) is 0 Å². The molecule has 0 radical (unpaired) electrons. The molecule has 0 amide bonds. The second-order valence-corrected chi connectivity index (χ2v) is 4.94. The van der Waals surface area contributed by atoms with E-state index in [2.05, 4.69) is 29.8 Å². The van der Waals surface area contributed by atoms with E-state index in [4.69, 9.17) is 5.11 Å². The van der Waals surface area contributed by atoms with E-state index in [-0.39, 0.29) is 0 Å². The van der Waals surface area contributed by atoms with Gasteiger partial charge in [-0.15, -0.1) is 11.3 Å². The third-order valence-corrected chi connectivity index (χ3v) is 3.40. The number of nitrogens with one attached hydrogen (secondary N) is 1. The van der Waals surface area contributed by atoms with E-state index in [0.717, 1.165) is 19.4 Å². The first-order valence-electron chi connectivity index (χ1n) is 5.69. The van der Waals surface area contributed by atoms with Crippen molar-refractivity contribution in [2.75, 3.05) is 13.2 Å². The van der Waals surface area contributed by atoms with Crippen LogP contribution < -0.4 is 5.32 Å². The summed E-state index contributed by atoms with van der Waals surface area (Å²) in [4.78, 5) is 1.47. The van der Waals surface area contributed by atoms with Gasteiger partial charge in [-0.1, -0.05) is 6.07 Å². The summed E-state index contributed by atoms with van der Waals surface area (Å²) in [6.07, 6.45) is 4.34. The van der Waals surface area contributed by atoms with Crippen LogP contribution in [0.25, 0.3) is 0 Å². The molecule has 0 saturated heterocycles. The van der Waals surface area contributed by atoms with Crippen molar-refractivity contribution in [3.8, 4) is 0 Å². The lowest BCUT2D eigenvalue weighted by atomic mass is 10.2. The molecule has 0 aliphatic heterocycles. The molecule has 1 aromatic rings. The third kappa shape index (κ3) is 5.92. The molecule has 0 aliphatic rings. The minimum atomic E-state index is 0.307. The van der Waals surface area contributed by atoms with E-state index in [9.17, 15) is 0 Å². The Bertz CT molecular complexity index is 236. The lowest BCUT2D eigenvalue weighted by Gasteiger charge is -2.12. The first kappa shape index (κ1) is 12.7. The SMILES string of the molecule is CC(CCCO)NCCCc1cccs1.